The van der Waals surface area contributed by atoms with E-state index < -0.39 is 10.8 Å². The van der Waals surface area contributed by atoms with Crippen molar-refractivity contribution in [3.8, 4) is 33.9 Å². The molecule has 2 aromatic heterocycles. The van der Waals surface area contributed by atoms with Crippen molar-refractivity contribution < 1.29 is 0 Å². The van der Waals surface area contributed by atoms with Gasteiger partial charge in [-0.3, -0.25) is 9.80 Å². The van der Waals surface area contributed by atoms with Gasteiger partial charge in [0.05, 0.1) is 62.5 Å². The lowest BCUT2D eigenvalue weighted by molar-refractivity contribution is 0.628. The highest BCUT2D eigenvalue weighted by atomic mass is 15.3. The molecule has 4 aliphatic heterocycles. The Morgan fingerprint density at radius 3 is 0.705 bits per heavy atom. The second kappa shape index (κ2) is 19.6. The maximum Gasteiger partial charge on any atom is 0.165 e. The third kappa shape index (κ3) is 7.72. The van der Waals surface area contributed by atoms with Gasteiger partial charge in [0.25, 0.3) is 0 Å². The molecular formula is C81H67N7. The number of para-hydroxylation sites is 8. The average molecular weight is 1140 g/mol. The van der Waals surface area contributed by atoms with E-state index in [0.29, 0.717) is 5.82 Å². The molecule has 0 amide bonds. The van der Waals surface area contributed by atoms with E-state index in [1.807, 2.05) is 0 Å². The summed E-state index contributed by atoms with van der Waals surface area (Å²) in [6.07, 6.45) is 0. The van der Waals surface area contributed by atoms with Crippen LogP contribution in [0.5, 0.6) is 0 Å². The standard InChI is InChI=1S/C81H67N7/c1-78(2)54-35-15-23-43-64(54)85(65-44-24-16-36-55(65)78)73-72(75-82-62(52-31-11-9-12-32-52)51-63(83-75)53-33-13-10-14-34-53)74(86-66-45-25-17-37-56(66)79(3,4)57-38-18-26-46-67(57)86)77(88-70-49-29-21-41-60(70)81(7,8)61-42-22-30-50-71(61)88)84-76(73)87-68-47-27-19-39-58(68)80(5,6)59-40-20-28-48-69(59)87/h9-51H,1-8H3. The molecule has 0 fully saturated rings. The van der Waals surface area contributed by atoms with Crippen molar-refractivity contribution in [3.63, 3.8) is 0 Å². The Bertz CT molecular complexity index is 4300. The highest BCUT2D eigenvalue weighted by molar-refractivity contribution is 6.11. The van der Waals surface area contributed by atoms with Crippen molar-refractivity contribution in [3.05, 3.63) is 305 Å². The van der Waals surface area contributed by atoms with Gasteiger partial charge in [-0.15, -0.1) is 0 Å². The first-order chi connectivity index (χ1) is 42.7. The monoisotopic (exact) mass is 1140 g/mol. The Hall–Kier alpha value is -10.4. The van der Waals surface area contributed by atoms with Crippen LogP contribution in [0.15, 0.2) is 261 Å². The predicted octanol–water partition coefficient (Wildman–Crippen LogP) is 21.3. The first kappa shape index (κ1) is 53.1. The molecule has 0 saturated heterocycles. The molecule has 4 aliphatic rings. The molecule has 0 unspecified atom stereocenters. The molecule has 0 bridgehead atoms. The van der Waals surface area contributed by atoms with Crippen LogP contribution in [0, 0.1) is 0 Å². The van der Waals surface area contributed by atoms with Gasteiger partial charge in [-0.2, -0.15) is 0 Å². The van der Waals surface area contributed by atoms with Gasteiger partial charge in [0.2, 0.25) is 0 Å². The Kier molecular flexibility index (Phi) is 11.8. The highest BCUT2D eigenvalue weighted by Crippen LogP contribution is 2.66. The number of fused-ring (bicyclic) bond motifs is 8. The first-order valence-corrected chi connectivity index (χ1v) is 30.8. The quantitative estimate of drug-likeness (QED) is 0.158. The number of nitrogens with zero attached hydrogens (tertiary/aromatic N) is 7. The van der Waals surface area contributed by atoms with Gasteiger partial charge in [0.15, 0.2) is 17.5 Å². The summed E-state index contributed by atoms with van der Waals surface area (Å²) in [6, 6.07) is 95.2. The third-order valence-corrected chi connectivity index (χ3v) is 19.6. The van der Waals surface area contributed by atoms with E-state index >= 15 is 0 Å². The zero-order valence-corrected chi connectivity index (χ0v) is 51.0. The number of rotatable bonds is 7. The average Bonchev–Trinajstić information content (AvgIpc) is 0.756. The van der Waals surface area contributed by atoms with Crippen molar-refractivity contribution in [2.75, 3.05) is 19.6 Å². The maximum absolute atomic E-state index is 6.69. The van der Waals surface area contributed by atoms with Crippen LogP contribution in [0.25, 0.3) is 33.9 Å². The van der Waals surface area contributed by atoms with Gasteiger partial charge >= 0.3 is 0 Å². The normalized spacial score (nSPS) is 15.8. The fraction of sp³-hybridized carbons (Fsp3) is 0.148. The van der Waals surface area contributed by atoms with E-state index in [1.165, 1.54) is 44.5 Å². The molecule has 6 heterocycles. The maximum atomic E-state index is 6.69. The minimum atomic E-state index is -0.400. The SMILES string of the molecule is CC1(C)c2ccccc2N(c2nc(N3c4ccccc4C(C)(C)c4ccccc43)c(N3c4ccccc4C(C)(C)c4ccccc43)c(-c3nc(-c4ccccc4)cc(-c4ccccc4)n3)c2N2c3ccccc3C(C)(C)c3ccccc32)c2ccccc21. The topological polar surface area (TPSA) is 51.6 Å². The zero-order valence-electron chi connectivity index (χ0n) is 51.0. The molecule has 426 valence electrons. The minimum absolute atomic E-state index is 0.383. The van der Waals surface area contributed by atoms with E-state index in [9.17, 15) is 0 Å². The van der Waals surface area contributed by atoms with E-state index in [2.05, 4.69) is 336 Å². The lowest BCUT2D eigenvalue weighted by atomic mass is 9.72. The summed E-state index contributed by atoms with van der Waals surface area (Å²) in [4.78, 5) is 28.8. The predicted molar refractivity (Wildman–Crippen MR) is 363 cm³/mol. The van der Waals surface area contributed by atoms with Crippen LogP contribution in [-0.4, -0.2) is 15.0 Å². The van der Waals surface area contributed by atoms with Crippen molar-refractivity contribution in [1.29, 1.82) is 0 Å². The van der Waals surface area contributed by atoms with Crippen molar-refractivity contribution in [2.24, 2.45) is 0 Å². The molecule has 7 nitrogen and oxygen atoms in total. The molecular weight excluding hydrogens is 1070 g/mol. The van der Waals surface area contributed by atoms with Crippen LogP contribution in [0.4, 0.5) is 68.5 Å². The van der Waals surface area contributed by atoms with E-state index in [4.69, 9.17) is 15.0 Å². The molecule has 10 aromatic carbocycles. The van der Waals surface area contributed by atoms with E-state index in [0.717, 1.165) is 96.6 Å². The van der Waals surface area contributed by atoms with Crippen molar-refractivity contribution in [1.82, 2.24) is 15.0 Å². The summed E-state index contributed by atoms with van der Waals surface area (Å²) < 4.78 is 0. The van der Waals surface area contributed by atoms with Gasteiger partial charge in [0.1, 0.15) is 11.4 Å². The van der Waals surface area contributed by atoms with Crippen LogP contribution in [-0.2, 0) is 21.7 Å². The number of hydrogen-bond acceptors (Lipinski definition) is 7. The lowest BCUT2D eigenvalue weighted by Crippen LogP contribution is -2.36. The van der Waals surface area contributed by atoms with Crippen LogP contribution < -0.4 is 19.6 Å². The van der Waals surface area contributed by atoms with Crippen LogP contribution >= 0.6 is 0 Å². The molecule has 7 heteroatoms. The second-order valence-electron chi connectivity index (χ2n) is 26.0. The van der Waals surface area contributed by atoms with E-state index in [-0.39, 0.29) is 10.8 Å². The lowest BCUT2D eigenvalue weighted by Gasteiger charge is -2.48. The molecule has 88 heavy (non-hydrogen) atoms. The molecule has 0 N–H and O–H groups in total. The molecule has 0 saturated carbocycles. The second-order valence-corrected chi connectivity index (χ2v) is 26.0. The number of benzene rings is 10. The van der Waals surface area contributed by atoms with Crippen molar-refractivity contribution in [2.45, 2.75) is 77.0 Å². The highest BCUT2D eigenvalue weighted by Gasteiger charge is 2.48. The van der Waals surface area contributed by atoms with Crippen LogP contribution in [0.1, 0.15) is 99.9 Å². The summed E-state index contributed by atoms with van der Waals surface area (Å²) in [5.74, 6) is 2.00. The van der Waals surface area contributed by atoms with E-state index in [1.54, 1.807) is 0 Å². The Balaban J connectivity index is 1.20. The molecule has 0 atom stereocenters. The Morgan fingerprint density at radius 2 is 0.455 bits per heavy atom. The fourth-order valence-corrected chi connectivity index (χ4v) is 15.2. The molecule has 0 spiro atoms. The number of hydrogen-bond donors (Lipinski definition) is 0. The van der Waals surface area contributed by atoms with Crippen LogP contribution in [0.3, 0.4) is 0 Å². The van der Waals surface area contributed by atoms with Gasteiger partial charge in [0, 0.05) is 32.8 Å². The van der Waals surface area contributed by atoms with Crippen molar-refractivity contribution >= 4 is 68.5 Å². The smallest absolute Gasteiger partial charge is 0.165 e. The molecule has 0 radical (unpaired) electrons. The minimum Gasteiger partial charge on any atom is -0.306 e. The molecule has 16 rings (SSSR count). The van der Waals surface area contributed by atoms with Gasteiger partial charge in [-0.25, -0.2) is 15.0 Å². The van der Waals surface area contributed by atoms with Crippen LogP contribution in [0.2, 0.25) is 0 Å². The largest absolute Gasteiger partial charge is 0.306 e. The molecule has 0 aliphatic carbocycles. The summed E-state index contributed by atoms with van der Waals surface area (Å²) in [6.45, 7) is 18.9. The van der Waals surface area contributed by atoms with Gasteiger partial charge in [-0.1, -0.05) is 262 Å². The van der Waals surface area contributed by atoms with Gasteiger partial charge < -0.3 is 9.80 Å². The number of anilines is 12. The summed E-state index contributed by atoms with van der Waals surface area (Å²) in [5, 5.41) is 0. The third-order valence-electron chi connectivity index (χ3n) is 19.6. The zero-order chi connectivity index (χ0) is 59.8. The number of aromatic nitrogens is 3. The summed E-state index contributed by atoms with van der Waals surface area (Å²) in [5.41, 5.74) is 22.4. The Labute approximate surface area is 516 Å². The van der Waals surface area contributed by atoms with Gasteiger partial charge in [-0.05, 0) is 99.1 Å². The first-order valence-electron chi connectivity index (χ1n) is 30.8. The summed E-state index contributed by atoms with van der Waals surface area (Å²) >= 11 is 0. The Morgan fingerprint density at radius 1 is 0.239 bits per heavy atom. The molecule has 12 aromatic rings. The number of pyridine rings is 1. The summed E-state index contributed by atoms with van der Waals surface area (Å²) in [7, 11) is 0. The fourth-order valence-electron chi connectivity index (χ4n) is 15.2.